The maximum Gasteiger partial charge on any atom is 0.416 e. The lowest BCUT2D eigenvalue weighted by Gasteiger charge is -2.25. The lowest BCUT2D eigenvalue weighted by atomic mass is 10.0. The number of halogens is 6. The zero-order valence-electron chi connectivity index (χ0n) is 17.7. The van der Waals surface area contributed by atoms with Gasteiger partial charge >= 0.3 is 12.4 Å². The van der Waals surface area contributed by atoms with Gasteiger partial charge in [-0.3, -0.25) is 4.79 Å². The minimum Gasteiger partial charge on any atom is -0.344 e. The van der Waals surface area contributed by atoms with Gasteiger partial charge in [-0.15, -0.1) is 0 Å². The molecule has 0 aliphatic carbocycles. The van der Waals surface area contributed by atoms with E-state index in [0.717, 1.165) is 10.6 Å². The summed E-state index contributed by atoms with van der Waals surface area (Å²) in [6.45, 7) is -0.435. The van der Waals surface area contributed by atoms with E-state index >= 15 is 0 Å². The maximum absolute atomic E-state index is 13.1. The lowest BCUT2D eigenvalue weighted by molar-refractivity contribution is -0.143. The highest BCUT2D eigenvalue weighted by atomic mass is 19.4. The van der Waals surface area contributed by atoms with Crippen LogP contribution in [-0.2, 0) is 18.9 Å². The molecule has 0 saturated heterocycles. The standard InChI is InChI=1S/C24H20F6N2O/c1-31(15-16-12-17(23(25,26)27)14-18(13-16)24(28,29)30)22(33)20-10-6-7-11-21(20)32(2)19-8-4-3-5-9-19/h3-14H,15H2,1-2H3. The van der Waals surface area contributed by atoms with Crippen molar-refractivity contribution in [3.05, 3.63) is 95.1 Å². The lowest BCUT2D eigenvalue weighted by Crippen LogP contribution is -2.28. The molecule has 0 unspecified atom stereocenters. The molecule has 0 aliphatic heterocycles. The van der Waals surface area contributed by atoms with Crippen LogP contribution >= 0.6 is 0 Å². The van der Waals surface area contributed by atoms with Crippen LogP contribution in [0.25, 0.3) is 0 Å². The highest BCUT2D eigenvalue weighted by molar-refractivity contribution is 6.00. The third kappa shape index (κ3) is 5.66. The van der Waals surface area contributed by atoms with E-state index in [2.05, 4.69) is 0 Å². The second-order valence-electron chi connectivity index (χ2n) is 7.49. The Labute approximate surface area is 186 Å². The second-order valence-corrected chi connectivity index (χ2v) is 7.49. The van der Waals surface area contributed by atoms with Crippen LogP contribution in [0.4, 0.5) is 37.7 Å². The zero-order chi connectivity index (χ0) is 24.4. The minimum atomic E-state index is -4.95. The van der Waals surface area contributed by atoms with Gasteiger partial charge in [0.1, 0.15) is 0 Å². The molecule has 0 heterocycles. The number of benzene rings is 3. The van der Waals surface area contributed by atoms with Gasteiger partial charge < -0.3 is 9.80 Å². The number of alkyl halides is 6. The van der Waals surface area contributed by atoms with Crippen molar-refractivity contribution in [1.82, 2.24) is 4.90 Å². The average molecular weight is 466 g/mol. The first kappa shape index (κ1) is 24.2. The molecular formula is C24H20F6N2O. The van der Waals surface area contributed by atoms with Crippen LogP contribution in [0.5, 0.6) is 0 Å². The fourth-order valence-corrected chi connectivity index (χ4v) is 3.40. The van der Waals surface area contributed by atoms with E-state index in [1.54, 1.807) is 36.2 Å². The molecule has 3 nitrogen and oxygen atoms in total. The fourth-order valence-electron chi connectivity index (χ4n) is 3.40. The molecule has 0 spiro atoms. The molecular weight excluding hydrogens is 446 g/mol. The molecule has 33 heavy (non-hydrogen) atoms. The predicted octanol–water partition coefficient (Wildman–Crippen LogP) is 6.76. The number of nitrogens with zero attached hydrogens (tertiary/aromatic N) is 2. The van der Waals surface area contributed by atoms with E-state index in [-0.39, 0.29) is 17.2 Å². The van der Waals surface area contributed by atoms with Crippen LogP contribution in [0.2, 0.25) is 0 Å². The monoisotopic (exact) mass is 466 g/mol. The fraction of sp³-hybridized carbons (Fsp3) is 0.208. The summed E-state index contributed by atoms with van der Waals surface area (Å²) < 4.78 is 78.9. The molecule has 9 heteroatoms. The summed E-state index contributed by atoms with van der Waals surface area (Å²) >= 11 is 0. The molecule has 0 saturated carbocycles. The Kier molecular flexibility index (Phi) is 6.71. The first-order valence-electron chi connectivity index (χ1n) is 9.79. The van der Waals surface area contributed by atoms with Crippen molar-refractivity contribution in [2.24, 2.45) is 0 Å². The number of anilines is 2. The van der Waals surface area contributed by atoms with Crippen molar-refractivity contribution in [1.29, 1.82) is 0 Å². The van der Waals surface area contributed by atoms with Crippen LogP contribution in [0.15, 0.2) is 72.8 Å². The summed E-state index contributed by atoms with van der Waals surface area (Å²) in [5.41, 5.74) is -1.51. The van der Waals surface area contributed by atoms with E-state index in [1.807, 2.05) is 30.3 Å². The van der Waals surface area contributed by atoms with Crippen LogP contribution < -0.4 is 4.90 Å². The molecule has 0 atom stereocenters. The number of hydrogen-bond donors (Lipinski definition) is 0. The van der Waals surface area contributed by atoms with Crippen molar-refractivity contribution >= 4 is 17.3 Å². The van der Waals surface area contributed by atoms with Crippen LogP contribution in [-0.4, -0.2) is 24.9 Å². The molecule has 3 aromatic carbocycles. The summed E-state index contributed by atoms with van der Waals surface area (Å²) in [6.07, 6.45) is -9.91. The second kappa shape index (κ2) is 9.17. The first-order valence-corrected chi connectivity index (χ1v) is 9.79. The third-order valence-corrected chi connectivity index (χ3v) is 5.05. The number of amides is 1. The molecule has 174 valence electrons. The summed E-state index contributed by atoms with van der Waals surface area (Å²) in [6, 6.07) is 17.1. The van der Waals surface area contributed by atoms with Crippen LogP contribution in [0.3, 0.4) is 0 Å². The van der Waals surface area contributed by atoms with Crippen molar-refractivity contribution in [3.8, 4) is 0 Å². The third-order valence-electron chi connectivity index (χ3n) is 5.05. The molecule has 3 aromatic rings. The molecule has 0 radical (unpaired) electrons. The first-order chi connectivity index (χ1) is 15.4. The highest BCUT2D eigenvalue weighted by Crippen LogP contribution is 2.36. The van der Waals surface area contributed by atoms with Crippen LogP contribution in [0, 0.1) is 0 Å². The van der Waals surface area contributed by atoms with E-state index in [0.29, 0.717) is 17.8 Å². The van der Waals surface area contributed by atoms with Crippen molar-refractivity contribution in [2.45, 2.75) is 18.9 Å². The number of carbonyl (C=O) groups excluding carboxylic acids is 1. The van der Waals surface area contributed by atoms with E-state index in [4.69, 9.17) is 0 Å². The zero-order valence-corrected chi connectivity index (χ0v) is 17.7. The summed E-state index contributed by atoms with van der Waals surface area (Å²) in [4.78, 5) is 16.0. The van der Waals surface area contributed by atoms with Gasteiger partial charge in [0.2, 0.25) is 0 Å². The topological polar surface area (TPSA) is 23.6 Å². The molecule has 0 aliphatic rings. The van der Waals surface area contributed by atoms with Gasteiger partial charge in [0, 0.05) is 26.3 Å². The van der Waals surface area contributed by atoms with Gasteiger partial charge in [-0.25, -0.2) is 0 Å². The van der Waals surface area contributed by atoms with Crippen molar-refractivity contribution in [2.75, 3.05) is 19.0 Å². The Morgan fingerprint density at radius 3 is 1.82 bits per heavy atom. The van der Waals surface area contributed by atoms with Crippen molar-refractivity contribution < 1.29 is 31.1 Å². The smallest absolute Gasteiger partial charge is 0.344 e. The van der Waals surface area contributed by atoms with Crippen LogP contribution in [0.1, 0.15) is 27.0 Å². The molecule has 0 bridgehead atoms. The summed E-state index contributed by atoms with van der Waals surface area (Å²) in [5.74, 6) is -0.542. The van der Waals surface area contributed by atoms with E-state index in [9.17, 15) is 31.1 Å². The molecule has 3 rings (SSSR count). The molecule has 0 aromatic heterocycles. The quantitative estimate of drug-likeness (QED) is 0.388. The Morgan fingerprint density at radius 2 is 1.27 bits per heavy atom. The Bertz CT molecular complexity index is 1090. The number of para-hydroxylation sites is 2. The van der Waals surface area contributed by atoms with Gasteiger partial charge in [0.05, 0.1) is 22.4 Å². The Morgan fingerprint density at radius 1 is 0.758 bits per heavy atom. The molecule has 0 fully saturated rings. The van der Waals surface area contributed by atoms with Gasteiger partial charge in [0.25, 0.3) is 5.91 Å². The maximum atomic E-state index is 13.1. The molecule has 1 amide bonds. The summed E-state index contributed by atoms with van der Waals surface area (Å²) in [5, 5.41) is 0. The summed E-state index contributed by atoms with van der Waals surface area (Å²) in [7, 11) is 3.08. The van der Waals surface area contributed by atoms with Crippen molar-refractivity contribution in [3.63, 3.8) is 0 Å². The predicted molar refractivity (Wildman–Crippen MR) is 113 cm³/mol. The number of hydrogen-bond acceptors (Lipinski definition) is 2. The van der Waals surface area contributed by atoms with E-state index < -0.39 is 35.9 Å². The van der Waals surface area contributed by atoms with Gasteiger partial charge in [-0.2, -0.15) is 26.3 Å². The Balaban J connectivity index is 1.92. The molecule has 0 N–H and O–H groups in total. The Hall–Kier alpha value is -3.49. The normalized spacial score (nSPS) is 11.9. The van der Waals surface area contributed by atoms with E-state index in [1.165, 1.54) is 7.05 Å². The average Bonchev–Trinajstić information content (AvgIpc) is 2.77. The largest absolute Gasteiger partial charge is 0.416 e. The number of carbonyl (C=O) groups is 1. The minimum absolute atomic E-state index is 0.0649. The highest BCUT2D eigenvalue weighted by Gasteiger charge is 2.37. The van der Waals surface area contributed by atoms with Gasteiger partial charge in [-0.05, 0) is 48.0 Å². The van der Waals surface area contributed by atoms with Gasteiger partial charge in [0.15, 0.2) is 0 Å². The van der Waals surface area contributed by atoms with Gasteiger partial charge in [-0.1, -0.05) is 30.3 Å². The number of rotatable bonds is 5. The SMILES string of the molecule is CN(Cc1cc(C(F)(F)F)cc(C(F)(F)F)c1)C(=O)c1ccccc1N(C)c1ccccc1.